The van der Waals surface area contributed by atoms with E-state index < -0.39 is 0 Å². The second-order valence-corrected chi connectivity index (χ2v) is 8.25. The number of carbonyl (C=O) groups is 1. The number of benzene rings is 2. The van der Waals surface area contributed by atoms with Crippen LogP contribution in [0.15, 0.2) is 66.3 Å². The van der Waals surface area contributed by atoms with Gasteiger partial charge < -0.3 is 10.1 Å². The summed E-state index contributed by atoms with van der Waals surface area (Å²) in [5.74, 6) is 1.63. The van der Waals surface area contributed by atoms with E-state index in [0.29, 0.717) is 29.1 Å². The van der Waals surface area contributed by atoms with Gasteiger partial charge in [-0.2, -0.15) is 0 Å². The highest BCUT2D eigenvalue weighted by molar-refractivity contribution is 7.99. The average molecular weight is 457 g/mol. The Morgan fingerprint density at radius 2 is 2.06 bits per heavy atom. The Hall–Kier alpha value is -2.77. The van der Waals surface area contributed by atoms with Gasteiger partial charge in [0, 0.05) is 18.1 Å². The van der Waals surface area contributed by atoms with E-state index in [0.717, 1.165) is 17.7 Å². The molecular formula is C23H25ClN4O2S. The van der Waals surface area contributed by atoms with Crippen molar-refractivity contribution >= 4 is 29.3 Å². The molecule has 8 heteroatoms. The van der Waals surface area contributed by atoms with E-state index in [2.05, 4.69) is 22.1 Å². The molecule has 1 aromatic heterocycles. The Morgan fingerprint density at radius 1 is 1.26 bits per heavy atom. The normalized spacial score (nSPS) is 10.6. The number of ether oxygens (including phenoxy) is 1. The number of aryl methyl sites for hydroxylation is 1. The molecule has 0 spiro atoms. The highest BCUT2D eigenvalue weighted by atomic mass is 35.5. The predicted molar refractivity (Wildman–Crippen MR) is 125 cm³/mol. The predicted octanol–water partition coefficient (Wildman–Crippen LogP) is 4.46. The molecule has 0 unspecified atom stereocenters. The lowest BCUT2D eigenvalue weighted by Crippen LogP contribution is -2.27. The van der Waals surface area contributed by atoms with E-state index in [9.17, 15) is 4.79 Å². The van der Waals surface area contributed by atoms with Gasteiger partial charge in [-0.1, -0.05) is 59.8 Å². The fraction of sp³-hybridized carbons (Fsp3) is 0.261. The molecule has 0 aliphatic rings. The number of carbonyl (C=O) groups excluding carboxylic acids is 1. The monoisotopic (exact) mass is 456 g/mol. The van der Waals surface area contributed by atoms with Gasteiger partial charge in [-0.15, -0.1) is 16.8 Å². The number of aromatic nitrogens is 3. The van der Waals surface area contributed by atoms with Gasteiger partial charge in [-0.25, -0.2) is 0 Å². The highest BCUT2D eigenvalue weighted by Gasteiger charge is 2.14. The minimum atomic E-state index is -0.0383. The van der Waals surface area contributed by atoms with E-state index in [1.807, 2.05) is 54.0 Å². The van der Waals surface area contributed by atoms with E-state index >= 15 is 0 Å². The lowest BCUT2D eigenvalue weighted by atomic mass is 10.1. The largest absolute Gasteiger partial charge is 0.485 e. The van der Waals surface area contributed by atoms with E-state index in [1.165, 1.54) is 17.3 Å². The summed E-state index contributed by atoms with van der Waals surface area (Å²) in [4.78, 5) is 12.2. The third-order valence-electron chi connectivity index (χ3n) is 4.51. The maximum Gasteiger partial charge on any atom is 0.230 e. The maximum absolute atomic E-state index is 12.2. The van der Waals surface area contributed by atoms with E-state index in [4.69, 9.17) is 16.3 Å². The van der Waals surface area contributed by atoms with Crippen molar-refractivity contribution in [1.29, 1.82) is 0 Å². The fourth-order valence-corrected chi connectivity index (χ4v) is 3.96. The zero-order valence-electron chi connectivity index (χ0n) is 17.4. The van der Waals surface area contributed by atoms with E-state index in [1.54, 1.807) is 12.1 Å². The van der Waals surface area contributed by atoms with Gasteiger partial charge in [0.25, 0.3) is 0 Å². The molecule has 3 rings (SSSR count). The van der Waals surface area contributed by atoms with Crippen molar-refractivity contribution in [2.45, 2.75) is 31.7 Å². The van der Waals surface area contributed by atoms with Crippen LogP contribution in [0, 0.1) is 6.92 Å². The summed E-state index contributed by atoms with van der Waals surface area (Å²) in [7, 11) is 0. The number of nitrogens with zero attached hydrogens (tertiary/aromatic N) is 3. The molecule has 0 aliphatic heterocycles. The van der Waals surface area contributed by atoms with Crippen LogP contribution >= 0.6 is 23.4 Å². The van der Waals surface area contributed by atoms with Crippen molar-refractivity contribution in [2.75, 3.05) is 12.3 Å². The molecular weight excluding hydrogens is 432 g/mol. The zero-order valence-corrected chi connectivity index (χ0v) is 19.0. The standard InChI is InChI=1S/C23H25ClN4O2S/c1-3-13-28-21(15-30-20-10-9-19(24)14-17(20)2)26-27-23(28)31-16-22(29)25-12-11-18-7-5-4-6-8-18/h3-10,14H,1,11-13,15-16H2,2H3,(H,25,29). The molecule has 6 nitrogen and oxygen atoms in total. The van der Waals surface area contributed by atoms with E-state index in [-0.39, 0.29) is 18.3 Å². The molecule has 1 heterocycles. The van der Waals surface area contributed by atoms with Crippen molar-refractivity contribution in [1.82, 2.24) is 20.1 Å². The third kappa shape index (κ3) is 6.87. The number of allylic oxidation sites excluding steroid dienone is 1. The number of nitrogens with one attached hydrogen (secondary N) is 1. The molecule has 3 aromatic rings. The summed E-state index contributed by atoms with van der Waals surface area (Å²) in [5.41, 5.74) is 2.14. The van der Waals surface area contributed by atoms with Gasteiger partial charge >= 0.3 is 0 Å². The highest BCUT2D eigenvalue weighted by Crippen LogP contribution is 2.23. The molecule has 0 bridgehead atoms. The molecule has 1 N–H and O–H groups in total. The molecule has 0 atom stereocenters. The van der Waals surface area contributed by atoms with Crippen LogP contribution in [-0.4, -0.2) is 33.0 Å². The van der Waals surface area contributed by atoms with Crippen molar-refractivity contribution in [3.05, 3.63) is 83.2 Å². The number of hydrogen-bond acceptors (Lipinski definition) is 5. The van der Waals surface area contributed by atoms with Crippen LogP contribution in [0.3, 0.4) is 0 Å². The first-order chi connectivity index (χ1) is 15.1. The van der Waals surface area contributed by atoms with Crippen molar-refractivity contribution in [2.24, 2.45) is 0 Å². The van der Waals surface area contributed by atoms with Crippen molar-refractivity contribution in [3.8, 4) is 5.75 Å². The van der Waals surface area contributed by atoms with Gasteiger partial charge in [0.2, 0.25) is 5.91 Å². The molecule has 0 saturated carbocycles. The summed E-state index contributed by atoms with van der Waals surface area (Å²) >= 11 is 7.34. The number of rotatable bonds is 11. The molecule has 0 saturated heterocycles. The first-order valence-corrected chi connectivity index (χ1v) is 11.3. The Labute approximate surface area is 191 Å². The lowest BCUT2D eigenvalue weighted by molar-refractivity contribution is -0.118. The molecule has 0 aliphatic carbocycles. The summed E-state index contributed by atoms with van der Waals surface area (Å²) in [6.45, 7) is 7.13. The Kier molecular flexibility index (Phi) is 8.55. The topological polar surface area (TPSA) is 69.0 Å². The Morgan fingerprint density at radius 3 is 2.81 bits per heavy atom. The van der Waals surface area contributed by atoms with Crippen LogP contribution in [-0.2, 0) is 24.4 Å². The number of halogens is 1. The molecule has 162 valence electrons. The van der Waals surface area contributed by atoms with Crippen LogP contribution < -0.4 is 10.1 Å². The third-order valence-corrected chi connectivity index (χ3v) is 5.71. The van der Waals surface area contributed by atoms with Crippen molar-refractivity contribution in [3.63, 3.8) is 0 Å². The number of amides is 1. The number of hydrogen-bond donors (Lipinski definition) is 1. The van der Waals surface area contributed by atoms with Gasteiger partial charge in [-0.05, 0) is 42.7 Å². The summed E-state index contributed by atoms with van der Waals surface area (Å²) in [5, 5.41) is 12.7. The Bertz CT molecular complexity index is 1020. The lowest BCUT2D eigenvalue weighted by Gasteiger charge is -2.11. The Balaban J connectivity index is 1.53. The maximum atomic E-state index is 12.2. The van der Waals surface area contributed by atoms with Crippen LogP contribution in [0.1, 0.15) is 17.0 Å². The minimum Gasteiger partial charge on any atom is -0.485 e. The van der Waals surface area contributed by atoms with Gasteiger partial charge in [-0.3, -0.25) is 9.36 Å². The summed E-state index contributed by atoms with van der Waals surface area (Å²) in [6, 6.07) is 15.5. The first-order valence-electron chi connectivity index (χ1n) is 9.92. The molecule has 31 heavy (non-hydrogen) atoms. The van der Waals surface area contributed by atoms with Gasteiger partial charge in [0.05, 0.1) is 5.75 Å². The summed E-state index contributed by atoms with van der Waals surface area (Å²) in [6.07, 6.45) is 2.57. The average Bonchev–Trinajstić information content (AvgIpc) is 3.14. The van der Waals surface area contributed by atoms with Crippen molar-refractivity contribution < 1.29 is 9.53 Å². The van der Waals surface area contributed by atoms with Crippen LogP contribution in [0.5, 0.6) is 5.75 Å². The minimum absolute atomic E-state index is 0.0383. The quantitative estimate of drug-likeness (QED) is 0.341. The smallest absolute Gasteiger partial charge is 0.230 e. The second-order valence-electron chi connectivity index (χ2n) is 6.87. The fourth-order valence-electron chi connectivity index (χ4n) is 2.93. The second kappa shape index (κ2) is 11.6. The van der Waals surface area contributed by atoms with Crippen LogP contribution in [0.2, 0.25) is 5.02 Å². The molecule has 1 amide bonds. The SMILES string of the molecule is C=CCn1c(COc2ccc(Cl)cc2C)nnc1SCC(=O)NCCc1ccccc1. The van der Waals surface area contributed by atoms with Crippen LogP contribution in [0.25, 0.3) is 0 Å². The first kappa shape index (κ1) is 22.9. The molecule has 0 fully saturated rings. The summed E-state index contributed by atoms with van der Waals surface area (Å²) < 4.78 is 7.80. The van der Waals surface area contributed by atoms with Gasteiger partial charge in [0.1, 0.15) is 12.4 Å². The number of thioether (sulfide) groups is 1. The zero-order chi connectivity index (χ0) is 22.1. The molecule has 0 radical (unpaired) electrons. The molecule has 2 aromatic carbocycles. The van der Waals surface area contributed by atoms with Gasteiger partial charge in [0.15, 0.2) is 11.0 Å². The van der Waals surface area contributed by atoms with Crippen LogP contribution in [0.4, 0.5) is 0 Å².